The molecule has 1 nitrogen and oxygen atoms in total. The monoisotopic (exact) mass is 647 g/mol. The summed E-state index contributed by atoms with van der Waals surface area (Å²) in [5.74, 6) is 0. The van der Waals surface area contributed by atoms with Crippen molar-refractivity contribution in [2.45, 2.75) is 0 Å². The highest BCUT2D eigenvalue weighted by atomic mass is 15.1. The van der Waals surface area contributed by atoms with Gasteiger partial charge in [0.05, 0.1) is 11.4 Å². The molecule has 0 saturated carbocycles. The van der Waals surface area contributed by atoms with E-state index < -0.39 is 0 Å². The Bertz CT molecular complexity index is 2650. The largest absolute Gasteiger partial charge is 0.309 e. The highest BCUT2D eigenvalue weighted by Crippen LogP contribution is 2.51. The van der Waals surface area contributed by atoms with Crippen LogP contribution < -0.4 is 4.90 Å². The van der Waals surface area contributed by atoms with E-state index >= 15 is 0 Å². The number of anilines is 3. The summed E-state index contributed by atoms with van der Waals surface area (Å²) in [6, 6.07) is 72.9. The van der Waals surface area contributed by atoms with E-state index in [1.165, 1.54) is 77.2 Å². The van der Waals surface area contributed by atoms with Crippen LogP contribution in [0.2, 0.25) is 0 Å². The van der Waals surface area contributed by atoms with E-state index in [1.807, 2.05) is 0 Å². The molecule has 0 amide bonds. The summed E-state index contributed by atoms with van der Waals surface area (Å²) in [4.78, 5) is 2.44. The van der Waals surface area contributed by atoms with Crippen molar-refractivity contribution in [3.8, 4) is 55.6 Å². The zero-order chi connectivity index (χ0) is 33.7. The van der Waals surface area contributed by atoms with Gasteiger partial charge in [0.1, 0.15) is 0 Å². The Labute approximate surface area is 298 Å². The van der Waals surface area contributed by atoms with E-state index in [2.05, 4.69) is 205 Å². The second-order valence-corrected chi connectivity index (χ2v) is 13.4. The summed E-state index contributed by atoms with van der Waals surface area (Å²) in [5, 5.41) is 5.03. The molecule has 0 bridgehead atoms. The summed E-state index contributed by atoms with van der Waals surface area (Å²) < 4.78 is 0. The smallest absolute Gasteiger partial charge is 0.0540 e. The second kappa shape index (κ2) is 12.0. The fourth-order valence-corrected chi connectivity index (χ4v) is 7.83. The molecule has 238 valence electrons. The number of hydrogen-bond donors (Lipinski definition) is 0. The van der Waals surface area contributed by atoms with Crippen LogP contribution >= 0.6 is 0 Å². The van der Waals surface area contributed by atoms with E-state index in [0.717, 1.165) is 17.1 Å². The molecule has 0 N–H and O–H groups in total. The van der Waals surface area contributed by atoms with Gasteiger partial charge in [-0.1, -0.05) is 146 Å². The van der Waals surface area contributed by atoms with Gasteiger partial charge in [-0.25, -0.2) is 0 Å². The van der Waals surface area contributed by atoms with Crippen molar-refractivity contribution < 1.29 is 0 Å². The van der Waals surface area contributed by atoms with Crippen molar-refractivity contribution in [1.29, 1.82) is 0 Å². The van der Waals surface area contributed by atoms with Gasteiger partial charge in [0.2, 0.25) is 0 Å². The molecule has 0 unspecified atom stereocenters. The minimum absolute atomic E-state index is 1.13. The molecule has 0 heterocycles. The molecule has 0 spiro atoms. The van der Waals surface area contributed by atoms with Gasteiger partial charge in [0, 0.05) is 16.8 Å². The van der Waals surface area contributed by atoms with Gasteiger partial charge in [-0.15, -0.1) is 0 Å². The molecule has 1 heteroatoms. The van der Waals surface area contributed by atoms with E-state index in [9.17, 15) is 0 Å². The summed E-state index contributed by atoms with van der Waals surface area (Å²) in [6.45, 7) is 0. The molecular formula is C50H33N. The lowest BCUT2D eigenvalue weighted by atomic mass is 9.77. The number of para-hydroxylation sites is 2. The third kappa shape index (κ3) is 5.02. The average molecular weight is 648 g/mol. The summed E-state index contributed by atoms with van der Waals surface area (Å²) in [6.07, 6.45) is 0. The SMILES string of the molecule is c1ccc(-c2ccc3cc4c(cc3c2)-c2cc3ccc(N(c5ccccc5-c5ccccc5)c5ccccc5-c5ccccc5)cc3cc2-4)cc1. The minimum Gasteiger partial charge on any atom is -0.309 e. The lowest BCUT2D eigenvalue weighted by Crippen LogP contribution is -2.12. The normalized spacial score (nSPS) is 11.5. The molecule has 10 rings (SSSR count). The minimum atomic E-state index is 1.13. The lowest BCUT2D eigenvalue weighted by Gasteiger charge is -2.30. The van der Waals surface area contributed by atoms with Crippen LogP contribution in [0.4, 0.5) is 17.1 Å². The van der Waals surface area contributed by atoms with Gasteiger partial charge < -0.3 is 4.90 Å². The molecule has 0 aliphatic heterocycles. The molecule has 0 atom stereocenters. The van der Waals surface area contributed by atoms with Gasteiger partial charge in [-0.3, -0.25) is 0 Å². The van der Waals surface area contributed by atoms with Crippen molar-refractivity contribution in [3.05, 3.63) is 200 Å². The fraction of sp³-hybridized carbons (Fsp3) is 0. The quantitative estimate of drug-likeness (QED) is 0.174. The van der Waals surface area contributed by atoms with Crippen molar-refractivity contribution in [2.75, 3.05) is 4.90 Å². The Morgan fingerprint density at radius 2 is 0.647 bits per heavy atom. The van der Waals surface area contributed by atoms with Gasteiger partial charge in [0.15, 0.2) is 0 Å². The Morgan fingerprint density at radius 3 is 1.18 bits per heavy atom. The maximum atomic E-state index is 2.44. The van der Waals surface area contributed by atoms with Gasteiger partial charge in [-0.2, -0.15) is 0 Å². The van der Waals surface area contributed by atoms with Crippen LogP contribution in [-0.4, -0.2) is 0 Å². The molecule has 9 aromatic rings. The second-order valence-electron chi connectivity index (χ2n) is 13.4. The van der Waals surface area contributed by atoms with E-state index in [-0.39, 0.29) is 0 Å². The van der Waals surface area contributed by atoms with Crippen LogP contribution in [0, 0.1) is 0 Å². The zero-order valence-corrected chi connectivity index (χ0v) is 28.0. The number of rotatable bonds is 6. The summed E-state index contributed by atoms with van der Waals surface area (Å²) in [7, 11) is 0. The molecule has 0 saturated heterocycles. The van der Waals surface area contributed by atoms with Crippen LogP contribution in [0.25, 0.3) is 77.2 Å². The van der Waals surface area contributed by atoms with Gasteiger partial charge >= 0.3 is 0 Å². The molecule has 9 aromatic carbocycles. The molecule has 0 radical (unpaired) electrons. The predicted molar refractivity (Wildman–Crippen MR) is 217 cm³/mol. The highest BCUT2D eigenvalue weighted by molar-refractivity contribution is 6.12. The molecule has 0 aromatic heterocycles. The zero-order valence-electron chi connectivity index (χ0n) is 28.0. The lowest BCUT2D eigenvalue weighted by molar-refractivity contribution is 1.29. The average Bonchev–Trinajstić information content (AvgIpc) is 3.21. The molecule has 0 fully saturated rings. The number of benzene rings is 9. The maximum absolute atomic E-state index is 2.44. The van der Waals surface area contributed by atoms with E-state index in [0.29, 0.717) is 0 Å². The molecule has 51 heavy (non-hydrogen) atoms. The molecular weight excluding hydrogens is 615 g/mol. The summed E-state index contributed by atoms with van der Waals surface area (Å²) in [5.41, 5.74) is 16.0. The third-order valence-corrected chi connectivity index (χ3v) is 10.3. The van der Waals surface area contributed by atoms with Crippen molar-refractivity contribution >= 4 is 38.6 Å². The first-order valence-electron chi connectivity index (χ1n) is 17.6. The Morgan fingerprint density at radius 1 is 0.235 bits per heavy atom. The maximum Gasteiger partial charge on any atom is 0.0540 e. The van der Waals surface area contributed by atoms with Crippen molar-refractivity contribution in [2.24, 2.45) is 0 Å². The Balaban J connectivity index is 1.12. The molecule has 1 aliphatic rings. The van der Waals surface area contributed by atoms with E-state index in [1.54, 1.807) is 0 Å². The number of hydrogen-bond acceptors (Lipinski definition) is 1. The van der Waals surface area contributed by atoms with E-state index in [4.69, 9.17) is 0 Å². The number of fused-ring (bicyclic) bond motifs is 6. The predicted octanol–water partition coefficient (Wildman–Crippen LogP) is 14.1. The van der Waals surface area contributed by atoms with Crippen LogP contribution in [0.15, 0.2) is 200 Å². The first-order valence-corrected chi connectivity index (χ1v) is 17.6. The Kier molecular flexibility index (Phi) is 6.89. The van der Waals surface area contributed by atoms with Crippen LogP contribution in [0.3, 0.4) is 0 Å². The standard InChI is InChI=1S/C50H33N/c1-4-14-34(15-5-1)37-24-25-38-30-45-47(32-40(38)28-37)46-31-39-26-27-42(29-41(39)33-48(45)46)51(49-22-12-10-20-43(49)35-16-6-2-7-17-35)50-23-13-11-21-44(50)36-18-8-3-9-19-36/h1-33H. The first kappa shape index (κ1) is 29.2. The van der Waals surface area contributed by atoms with Crippen LogP contribution in [0.5, 0.6) is 0 Å². The van der Waals surface area contributed by atoms with Crippen LogP contribution in [0.1, 0.15) is 0 Å². The van der Waals surface area contributed by atoms with Gasteiger partial charge in [-0.05, 0) is 121 Å². The summed E-state index contributed by atoms with van der Waals surface area (Å²) >= 11 is 0. The fourth-order valence-electron chi connectivity index (χ4n) is 7.83. The first-order chi connectivity index (χ1) is 25.3. The highest BCUT2D eigenvalue weighted by Gasteiger charge is 2.25. The van der Waals surface area contributed by atoms with Gasteiger partial charge in [0.25, 0.3) is 0 Å². The van der Waals surface area contributed by atoms with Crippen molar-refractivity contribution in [1.82, 2.24) is 0 Å². The van der Waals surface area contributed by atoms with Crippen LogP contribution in [-0.2, 0) is 0 Å². The number of nitrogens with zero attached hydrogens (tertiary/aromatic N) is 1. The third-order valence-electron chi connectivity index (χ3n) is 10.3. The molecule has 1 aliphatic carbocycles. The Hall–Kier alpha value is -6.70. The topological polar surface area (TPSA) is 3.24 Å². The van der Waals surface area contributed by atoms with Crippen molar-refractivity contribution in [3.63, 3.8) is 0 Å².